The summed E-state index contributed by atoms with van der Waals surface area (Å²) < 4.78 is 22.9. The fourth-order valence-electron chi connectivity index (χ4n) is 3.05. The summed E-state index contributed by atoms with van der Waals surface area (Å²) in [6.07, 6.45) is 4.54. The van der Waals surface area contributed by atoms with Crippen LogP contribution in [-0.4, -0.2) is 50.6 Å². The van der Waals surface area contributed by atoms with Crippen molar-refractivity contribution >= 4 is 0 Å². The number of furan rings is 1. The molecule has 0 spiro atoms. The summed E-state index contributed by atoms with van der Waals surface area (Å²) in [5, 5.41) is 0. The van der Waals surface area contributed by atoms with E-state index in [0.717, 1.165) is 63.8 Å². The average Bonchev–Trinajstić information content (AvgIpc) is 3.00. The standard InChI is InChI=1S/C17H27NO4/c1-14-6-7-15(22-14)16-13-18(9-12-19-16)8-4-11-21-17-5-2-3-10-20-17/h6-7,16-17H,2-5,8-13H2,1H3/t16-,17+/m1/s1. The van der Waals surface area contributed by atoms with E-state index in [1.807, 2.05) is 19.1 Å². The molecule has 0 N–H and O–H groups in total. The van der Waals surface area contributed by atoms with Gasteiger partial charge in [-0.1, -0.05) is 0 Å². The van der Waals surface area contributed by atoms with Crippen molar-refractivity contribution in [2.45, 2.75) is 45.0 Å². The summed E-state index contributed by atoms with van der Waals surface area (Å²) in [6, 6.07) is 4.02. The Kier molecular flexibility index (Phi) is 5.89. The maximum atomic E-state index is 5.82. The van der Waals surface area contributed by atoms with E-state index in [0.29, 0.717) is 0 Å². The molecule has 1 aromatic heterocycles. The van der Waals surface area contributed by atoms with Crippen molar-refractivity contribution in [1.29, 1.82) is 0 Å². The molecule has 1 aromatic rings. The van der Waals surface area contributed by atoms with Crippen LogP contribution in [-0.2, 0) is 14.2 Å². The average molecular weight is 309 g/mol. The van der Waals surface area contributed by atoms with Crippen LogP contribution in [0, 0.1) is 6.92 Å². The molecule has 22 heavy (non-hydrogen) atoms. The van der Waals surface area contributed by atoms with Crippen molar-refractivity contribution < 1.29 is 18.6 Å². The summed E-state index contributed by atoms with van der Waals surface area (Å²) >= 11 is 0. The minimum absolute atomic E-state index is 0.0253. The lowest BCUT2D eigenvalue weighted by molar-refractivity contribution is -0.163. The Labute approximate surface area is 132 Å². The summed E-state index contributed by atoms with van der Waals surface area (Å²) in [5.74, 6) is 1.88. The fraction of sp³-hybridized carbons (Fsp3) is 0.765. The molecule has 0 saturated carbocycles. The highest BCUT2D eigenvalue weighted by Crippen LogP contribution is 2.24. The number of nitrogens with zero attached hydrogens (tertiary/aromatic N) is 1. The van der Waals surface area contributed by atoms with E-state index in [2.05, 4.69) is 4.90 Å². The number of ether oxygens (including phenoxy) is 3. The van der Waals surface area contributed by atoms with Gasteiger partial charge in [-0.25, -0.2) is 0 Å². The van der Waals surface area contributed by atoms with Gasteiger partial charge in [0.25, 0.3) is 0 Å². The number of hydrogen-bond donors (Lipinski definition) is 0. The van der Waals surface area contributed by atoms with Crippen molar-refractivity contribution in [2.75, 3.05) is 39.5 Å². The normalized spacial score (nSPS) is 27.1. The van der Waals surface area contributed by atoms with Crippen molar-refractivity contribution in [3.63, 3.8) is 0 Å². The van der Waals surface area contributed by atoms with Crippen LogP contribution in [0.3, 0.4) is 0 Å². The third-order valence-electron chi connectivity index (χ3n) is 4.29. The van der Waals surface area contributed by atoms with Gasteiger partial charge in [0.1, 0.15) is 17.6 Å². The quantitative estimate of drug-likeness (QED) is 0.756. The van der Waals surface area contributed by atoms with Gasteiger partial charge < -0.3 is 18.6 Å². The largest absolute Gasteiger partial charge is 0.464 e. The van der Waals surface area contributed by atoms with Crippen LogP contribution >= 0.6 is 0 Å². The minimum Gasteiger partial charge on any atom is -0.464 e. The lowest BCUT2D eigenvalue weighted by Crippen LogP contribution is -2.39. The van der Waals surface area contributed by atoms with Crippen LogP contribution in [0.4, 0.5) is 0 Å². The van der Waals surface area contributed by atoms with Crippen molar-refractivity contribution in [2.24, 2.45) is 0 Å². The first kappa shape index (κ1) is 16.0. The van der Waals surface area contributed by atoms with Gasteiger partial charge in [0.05, 0.1) is 13.2 Å². The molecule has 2 aliphatic rings. The maximum Gasteiger partial charge on any atom is 0.157 e. The zero-order chi connectivity index (χ0) is 15.2. The number of hydrogen-bond acceptors (Lipinski definition) is 5. The Morgan fingerprint density at radius 1 is 1.23 bits per heavy atom. The molecule has 0 unspecified atom stereocenters. The van der Waals surface area contributed by atoms with Gasteiger partial charge in [-0.05, 0) is 44.7 Å². The molecule has 0 aromatic carbocycles. The van der Waals surface area contributed by atoms with Crippen molar-refractivity contribution in [3.8, 4) is 0 Å². The fourth-order valence-corrected chi connectivity index (χ4v) is 3.05. The molecule has 124 valence electrons. The molecule has 3 rings (SSSR count). The molecular formula is C17H27NO4. The second kappa shape index (κ2) is 8.11. The van der Waals surface area contributed by atoms with E-state index in [1.54, 1.807) is 0 Å². The number of aryl methyl sites for hydroxylation is 1. The van der Waals surface area contributed by atoms with Crippen LogP contribution in [0.5, 0.6) is 0 Å². The molecule has 2 fully saturated rings. The van der Waals surface area contributed by atoms with Crippen LogP contribution in [0.15, 0.2) is 16.5 Å². The molecule has 2 atom stereocenters. The third kappa shape index (κ3) is 4.56. The van der Waals surface area contributed by atoms with Crippen LogP contribution < -0.4 is 0 Å². The Balaban J connectivity index is 1.35. The monoisotopic (exact) mass is 309 g/mol. The molecule has 5 heteroatoms. The molecule has 0 bridgehead atoms. The summed E-state index contributed by atoms with van der Waals surface area (Å²) in [5.41, 5.74) is 0. The summed E-state index contributed by atoms with van der Waals surface area (Å²) in [4.78, 5) is 2.43. The molecular weight excluding hydrogens is 282 g/mol. The maximum absolute atomic E-state index is 5.82. The number of rotatable bonds is 6. The van der Waals surface area contributed by atoms with Crippen LogP contribution in [0.1, 0.15) is 43.3 Å². The lowest BCUT2D eigenvalue weighted by Gasteiger charge is -2.32. The second-order valence-electron chi connectivity index (χ2n) is 6.13. The number of morpholine rings is 1. The molecule has 0 amide bonds. The third-order valence-corrected chi connectivity index (χ3v) is 4.29. The molecule has 5 nitrogen and oxygen atoms in total. The Morgan fingerprint density at radius 2 is 2.18 bits per heavy atom. The summed E-state index contributed by atoms with van der Waals surface area (Å²) in [6.45, 7) is 7.26. The Hall–Kier alpha value is -0.880. The van der Waals surface area contributed by atoms with Crippen LogP contribution in [0.2, 0.25) is 0 Å². The van der Waals surface area contributed by atoms with Crippen molar-refractivity contribution in [1.82, 2.24) is 4.90 Å². The van der Waals surface area contributed by atoms with Gasteiger partial charge in [-0.15, -0.1) is 0 Å². The smallest absolute Gasteiger partial charge is 0.157 e. The summed E-state index contributed by atoms with van der Waals surface area (Å²) in [7, 11) is 0. The predicted molar refractivity (Wildman–Crippen MR) is 82.7 cm³/mol. The zero-order valence-corrected chi connectivity index (χ0v) is 13.5. The zero-order valence-electron chi connectivity index (χ0n) is 13.5. The van der Waals surface area contributed by atoms with Gasteiger partial charge in [-0.2, -0.15) is 0 Å². The van der Waals surface area contributed by atoms with E-state index in [1.165, 1.54) is 12.8 Å². The molecule has 0 aliphatic carbocycles. The molecule has 0 radical (unpaired) electrons. The highest BCUT2D eigenvalue weighted by atomic mass is 16.7. The highest BCUT2D eigenvalue weighted by molar-refractivity contribution is 5.09. The van der Waals surface area contributed by atoms with Gasteiger partial charge in [0, 0.05) is 26.2 Å². The van der Waals surface area contributed by atoms with Gasteiger partial charge >= 0.3 is 0 Å². The first-order chi connectivity index (χ1) is 10.8. The molecule has 2 aliphatic heterocycles. The Bertz CT molecular complexity index is 442. The van der Waals surface area contributed by atoms with E-state index in [9.17, 15) is 0 Å². The minimum atomic E-state index is 0.0253. The topological polar surface area (TPSA) is 44.1 Å². The van der Waals surface area contributed by atoms with E-state index in [-0.39, 0.29) is 12.4 Å². The van der Waals surface area contributed by atoms with E-state index < -0.39 is 0 Å². The van der Waals surface area contributed by atoms with Gasteiger partial charge in [0.2, 0.25) is 0 Å². The van der Waals surface area contributed by atoms with Gasteiger partial charge in [-0.3, -0.25) is 4.90 Å². The first-order valence-electron chi connectivity index (χ1n) is 8.45. The first-order valence-corrected chi connectivity index (χ1v) is 8.45. The van der Waals surface area contributed by atoms with Crippen molar-refractivity contribution in [3.05, 3.63) is 23.7 Å². The molecule has 2 saturated heterocycles. The van der Waals surface area contributed by atoms with E-state index in [4.69, 9.17) is 18.6 Å². The Morgan fingerprint density at radius 3 is 2.95 bits per heavy atom. The van der Waals surface area contributed by atoms with E-state index >= 15 is 0 Å². The SMILES string of the molecule is Cc1ccc([C@H]2CN(CCCO[C@H]3CCCCO3)CCO2)o1. The predicted octanol–water partition coefficient (Wildman–Crippen LogP) is 2.89. The van der Waals surface area contributed by atoms with Crippen LogP contribution in [0.25, 0.3) is 0 Å². The lowest BCUT2D eigenvalue weighted by atomic mass is 10.2. The molecule has 3 heterocycles. The highest BCUT2D eigenvalue weighted by Gasteiger charge is 2.24. The van der Waals surface area contributed by atoms with Gasteiger partial charge in [0.15, 0.2) is 6.29 Å². The second-order valence-corrected chi connectivity index (χ2v) is 6.13.